The van der Waals surface area contributed by atoms with Crippen molar-refractivity contribution >= 4 is 0 Å². The highest BCUT2D eigenvalue weighted by molar-refractivity contribution is 5.53. The second-order valence-corrected chi connectivity index (χ2v) is 9.30. The lowest BCUT2D eigenvalue weighted by Crippen LogP contribution is -2.16. The first-order valence-corrected chi connectivity index (χ1v) is 11.2. The van der Waals surface area contributed by atoms with Crippen LogP contribution in [-0.2, 0) is 0 Å². The zero-order chi connectivity index (χ0) is 21.7. The Hall–Kier alpha value is -3.00. The molecule has 2 aliphatic heterocycles. The Kier molecular flexibility index (Phi) is 4.89. The fourth-order valence-electron chi connectivity index (χ4n) is 5.07. The van der Waals surface area contributed by atoms with E-state index in [1.54, 1.807) is 0 Å². The van der Waals surface area contributed by atoms with Crippen molar-refractivity contribution in [1.29, 1.82) is 0 Å². The normalized spacial score (nSPS) is 26.2. The number of hydrogen-bond acceptors (Lipinski definition) is 2. The summed E-state index contributed by atoms with van der Waals surface area (Å²) >= 11 is 0. The van der Waals surface area contributed by atoms with Gasteiger partial charge in [0.1, 0.15) is 23.7 Å². The molecule has 2 heterocycles. The van der Waals surface area contributed by atoms with Crippen LogP contribution >= 0.6 is 0 Å². The van der Waals surface area contributed by atoms with Gasteiger partial charge in [0.2, 0.25) is 0 Å². The molecule has 0 N–H and O–H groups in total. The molecule has 31 heavy (non-hydrogen) atoms. The van der Waals surface area contributed by atoms with Gasteiger partial charge in [0.15, 0.2) is 0 Å². The first-order chi connectivity index (χ1) is 14.9. The molecule has 0 bridgehead atoms. The maximum Gasteiger partial charge on any atom is 0.128 e. The minimum absolute atomic E-state index is 0.208. The molecule has 0 radical (unpaired) electrons. The first-order valence-electron chi connectivity index (χ1n) is 11.2. The molecule has 2 heteroatoms. The van der Waals surface area contributed by atoms with Crippen LogP contribution in [0.15, 0.2) is 77.9 Å². The highest BCUT2D eigenvalue weighted by atomic mass is 16.5. The maximum atomic E-state index is 6.01. The molecule has 0 saturated heterocycles. The largest absolute Gasteiger partial charge is 0.485 e. The molecule has 2 aromatic rings. The highest BCUT2D eigenvalue weighted by Gasteiger charge is 2.34. The Morgan fingerprint density at radius 3 is 1.97 bits per heavy atom. The Morgan fingerprint density at radius 1 is 0.645 bits per heavy atom. The van der Waals surface area contributed by atoms with Crippen LogP contribution in [0.25, 0.3) is 0 Å². The summed E-state index contributed by atoms with van der Waals surface area (Å²) < 4.78 is 11.9. The van der Waals surface area contributed by atoms with E-state index >= 15 is 0 Å². The van der Waals surface area contributed by atoms with E-state index in [4.69, 9.17) is 9.47 Å². The van der Waals surface area contributed by atoms with Crippen LogP contribution in [-0.4, -0.2) is 12.2 Å². The van der Waals surface area contributed by atoms with E-state index in [9.17, 15) is 0 Å². The molecule has 0 fully saturated rings. The van der Waals surface area contributed by atoms with E-state index in [1.165, 1.54) is 39.0 Å². The molecule has 0 aromatic heterocycles. The van der Waals surface area contributed by atoms with Gasteiger partial charge in [-0.05, 0) is 58.4 Å². The van der Waals surface area contributed by atoms with Crippen LogP contribution < -0.4 is 9.47 Å². The third kappa shape index (κ3) is 3.65. The molecule has 6 rings (SSSR count). The Bertz CT molecular complexity index is 1160. The molecule has 4 unspecified atom stereocenters. The van der Waals surface area contributed by atoms with Crippen molar-refractivity contribution < 1.29 is 9.47 Å². The molecule has 2 aromatic carbocycles. The average Bonchev–Trinajstić information content (AvgIpc) is 3.26. The number of fused-ring (bicyclic) bond motifs is 6. The van der Waals surface area contributed by atoms with Crippen LogP contribution in [0.2, 0.25) is 0 Å². The van der Waals surface area contributed by atoms with Crippen molar-refractivity contribution in [2.75, 3.05) is 0 Å². The lowest BCUT2D eigenvalue weighted by atomic mass is 9.88. The summed E-state index contributed by atoms with van der Waals surface area (Å²) in [6, 6.07) is 10.9. The Morgan fingerprint density at radius 2 is 1.26 bits per heavy atom. The third-order valence-electron chi connectivity index (χ3n) is 6.54. The summed E-state index contributed by atoms with van der Waals surface area (Å²) in [4.78, 5) is 0. The number of allylic oxidation sites excluding steroid dienone is 4. The van der Waals surface area contributed by atoms with Crippen molar-refractivity contribution in [3.05, 3.63) is 106 Å². The summed E-state index contributed by atoms with van der Waals surface area (Å²) in [6.45, 7) is 10.7. The standard InChI is InChI=1S/C15H16O.C14H14O/c1-9-4-5-14-12(7-9)13-8-10(2)6-11(3)15(13)16-14;1-9-3-5-13-11(7-9)12-8-10(2)4-6-14(12)15-13/h4-8,12,14H,1-3H3;3-8,11,13H,1-2H3. The molecular weight excluding hydrogens is 380 g/mol. The van der Waals surface area contributed by atoms with E-state index in [0.717, 1.165) is 11.5 Å². The number of ether oxygens (including phenoxy) is 2. The Balaban J connectivity index is 0.000000132. The quantitative estimate of drug-likeness (QED) is 0.465. The van der Waals surface area contributed by atoms with Crippen LogP contribution in [0, 0.1) is 20.8 Å². The van der Waals surface area contributed by atoms with Crippen molar-refractivity contribution in [3.8, 4) is 11.5 Å². The van der Waals surface area contributed by atoms with Gasteiger partial charge in [0.25, 0.3) is 0 Å². The molecule has 0 saturated carbocycles. The monoisotopic (exact) mass is 410 g/mol. The average molecular weight is 411 g/mol. The van der Waals surface area contributed by atoms with E-state index in [2.05, 4.69) is 101 Å². The van der Waals surface area contributed by atoms with Gasteiger partial charge < -0.3 is 9.47 Å². The van der Waals surface area contributed by atoms with E-state index in [-0.39, 0.29) is 12.2 Å². The van der Waals surface area contributed by atoms with Crippen LogP contribution in [0.1, 0.15) is 53.5 Å². The smallest absolute Gasteiger partial charge is 0.128 e. The van der Waals surface area contributed by atoms with Crippen molar-refractivity contribution in [3.63, 3.8) is 0 Å². The van der Waals surface area contributed by atoms with Crippen LogP contribution in [0.4, 0.5) is 0 Å². The van der Waals surface area contributed by atoms with E-state index < -0.39 is 0 Å². The molecular formula is C29H30O2. The minimum atomic E-state index is 0.208. The maximum absolute atomic E-state index is 6.01. The van der Waals surface area contributed by atoms with Gasteiger partial charge >= 0.3 is 0 Å². The lowest BCUT2D eigenvalue weighted by molar-refractivity contribution is 0.267. The van der Waals surface area contributed by atoms with Crippen molar-refractivity contribution in [2.45, 2.75) is 58.7 Å². The van der Waals surface area contributed by atoms with E-state index in [1.807, 2.05) is 0 Å². The summed E-state index contributed by atoms with van der Waals surface area (Å²) in [6.07, 6.45) is 13.7. The number of benzene rings is 2. The van der Waals surface area contributed by atoms with Gasteiger partial charge in [-0.1, -0.05) is 70.8 Å². The van der Waals surface area contributed by atoms with Gasteiger partial charge in [-0.25, -0.2) is 0 Å². The number of aryl methyl sites for hydroxylation is 3. The van der Waals surface area contributed by atoms with Crippen LogP contribution in [0.3, 0.4) is 0 Å². The number of hydrogen-bond donors (Lipinski definition) is 0. The number of rotatable bonds is 0. The highest BCUT2D eigenvalue weighted by Crippen LogP contribution is 2.44. The lowest BCUT2D eigenvalue weighted by Gasteiger charge is -2.16. The predicted molar refractivity (Wildman–Crippen MR) is 127 cm³/mol. The molecule has 0 spiro atoms. The molecule has 2 aliphatic carbocycles. The molecule has 158 valence electrons. The van der Waals surface area contributed by atoms with Gasteiger partial charge in [-0.2, -0.15) is 0 Å². The molecule has 0 amide bonds. The summed E-state index contributed by atoms with van der Waals surface area (Å²) in [5.41, 5.74) is 9.23. The molecule has 4 aliphatic rings. The van der Waals surface area contributed by atoms with Gasteiger partial charge in [0, 0.05) is 23.0 Å². The SMILES string of the molecule is CC1=CC2c3cc(C)cc(C)c3OC2C=C1.CC1=CC2c3cc(C)ccc3OC2C=C1. The summed E-state index contributed by atoms with van der Waals surface area (Å²) in [5, 5.41) is 0. The van der Waals surface area contributed by atoms with Gasteiger partial charge in [-0.15, -0.1) is 0 Å². The van der Waals surface area contributed by atoms with Crippen LogP contribution in [0.5, 0.6) is 11.5 Å². The Labute approximate surface area is 185 Å². The van der Waals surface area contributed by atoms with Crippen molar-refractivity contribution in [2.24, 2.45) is 0 Å². The second-order valence-electron chi connectivity index (χ2n) is 9.30. The summed E-state index contributed by atoms with van der Waals surface area (Å²) in [5.74, 6) is 2.98. The van der Waals surface area contributed by atoms with Crippen molar-refractivity contribution in [1.82, 2.24) is 0 Å². The molecule has 4 atom stereocenters. The van der Waals surface area contributed by atoms with Gasteiger partial charge in [0.05, 0.1) is 0 Å². The first kappa shape index (κ1) is 19.9. The zero-order valence-electron chi connectivity index (χ0n) is 19.0. The fourth-order valence-corrected chi connectivity index (χ4v) is 5.07. The third-order valence-corrected chi connectivity index (χ3v) is 6.54. The predicted octanol–water partition coefficient (Wildman–Crippen LogP) is 7.02. The zero-order valence-corrected chi connectivity index (χ0v) is 19.0. The second kappa shape index (κ2) is 7.60. The minimum Gasteiger partial charge on any atom is -0.485 e. The topological polar surface area (TPSA) is 18.5 Å². The fraction of sp³-hybridized carbons (Fsp3) is 0.310. The summed E-state index contributed by atoms with van der Waals surface area (Å²) in [7, 11) is 0. The van der Waals surface area contributed by atoms with Gasteiger partial charge in [-0.3, -0.25) is 0 Å². The molecule has 2 nitrogen and oxygen atoms in total. The van der Waals surface area contributed by atoms with E-state index in [0.29, 0.717) is 11.8 Å².